The fourth-order valence-electron chi connectivity index (χ4n) is 2.41. The molecular weight excluding hydrogens is 236 g/mol. The minimum Gasteiger partial charge on any atom is -0.307 e. The summed E-state index contributed by atoms with van der Waals surface area (Å²) in [5, 5.41) is 4.40. The van der Waals surface area contributed by atoms with E-state index in [2.05, 4.69) is 32.4 Å². The summed E-state index contributed by atoms with van der Waals surface area (Å²) in [5.74, 6) is 0.785. The smallest absolute Gasteiger partial charge is 0.159 e. The van der Waals surface area contributed by atoms with Gasteiger partial charge < -0.3 is 5.32 Å². The molecule has 4 rings (SSSR count). The van der Waals surface area contributed by atoms with Crippen molar-refractivity contribution >= 4 is 10.9 Å². The second-order valence-corrected chi connectivity index (χ2v) is 4.68. The molecule has 0 unspecified atom stereocenters. The summed E-state index contributed by atoms with van der Waals surface area (Å²) in [6.07, 6.45) is 3.73. The third kappa shape index (κ3) is 1.77. The van der Waals surface area contributed by atoms with E-state index in [1.165, 1.54) is 5.56 Å². The fourth-order valence-corrected chi connectivity index (χ4v) is 2.41. The van der Waals surface area contributed by atoms with Gasteiger partial charge in [-0.2, -0.15) is 0 Å². The van der Waals surface area contributed by atoms with Crippen LogP contribution in [0.1, 0.15) is 11.3 Å². The van der Waals surface area contributed by atoms with Crippen LogP contribution in [-0.2, 0) is 13.1 Å². The predicted octanol–water partition coefficient (Wildman–Crippen LogP) is 2.29. The average molecular weight is 248 g/mol. The fraction of sp³-hybridized carbons (Fsp3) is 0.133. The maximum atomic E-state index is 4.64. The van der Waals surface area contributed by atoms with Crippen LogP contribution < -0.4 is 5.32 Å². The Morgan fingerprint density at radius 1 is 1.05 bits per heavy atom. The van der Waals surface area contributed by atoms with Gasteiger partial charge in [0, 0.05) is 42.0 Å². The van der Waals surface area contributed by atoms with E-state index >= 15 is 0 Å². The molecule has 0 fully saturated rings. The molecule has 1 N–H and O–H groups in total. The van der Waals surface area contributed by atoms with Crippen LogP contribution in [0.15, 0.2) is 42.7 Å². The molecule has 3 heterocycles. The van der Waals surface area contributed by atoms with Gasteiger partial charge >= 0.3 is 0 Å². The molecule has 0 spiro atoms. The number of pyridine rings is 1. The van der Waals surface area contributed by atoms with E-state index in [-0.39, 0.29) is 0 Å². The van der Waals surface area contributed by atoms with Gasteiger partial charge in [-0.25, -0.2) is 9.97 Å². The first kappa shape index (κ1) is 10.6. The maximum absolute atomic E-state index is 4.64. The van der Waals surface area contributed by atoms with Gasteiger partial charge in [-0.1, -0.05) is 6.07 Å². The number of benzene rings is 1. The van der Waals surface area contributed by atoms with E-state index in [0.29, 0.717) is 0 Å². The zero-order chi connectivity index (χ0) is 12.7. The van der Waals surface area contributed by atoms with Crippen molar-refractivity contribution in [1.82, 2.24) is 20.3 Å². The third-order valence-corrected chi connectivity index (χ3v) is 3.42. The Morgan fingerprint density at radius 2 is 2.05 bits per heavy atom. The number of rotatable bonds is 1. The standard InChI is InChI=1S/C15H12N4/c1-2-10-6-11(3-4-13(10)17-5-1)15-18-8-12-7-16-9-14(12)19-15/h1-6,8,16H,7,9H2. The van der Waals surface area contributed by atoms with E-state index in [1.807, 2.05) is 24.4 Å². The highest BCUT2D eigenvalue weighted by atomic mass is 15.0. The summed E-state index contributed by atoms with van der Waals surface area (Å²) >= 11 is 0. The van der Waals surface area contributed by atoms with Crippen LogP contribution in [0.25, 0.3) is 22.3 Å². The largest absolute Gasteiger partial charge is 0.307 e. The summed E-state index contributed by atoms with van der Waals surface area (Å²) in [6, 6.07) is 10.1. The van der Waals surface area contributed by atoms with Gasteiger partial charge in [0.15, 0.2) is 5.82 Å². The molecule has 2 aromatic heterocycles. The molecule has 0 aliphatic carbocycles. The molecule has 1 aromatic carbocycles. The molecule has 4 nitrogen and oxygen atoms in total. The highest BCUT2D eigenvalue weighted by Crippen LogP contribution is 2.22. The van der Waals surface area contributed by atoms with Gasteiger partial charge in [-0.15, -0.1) is 0 Å². The lowest BCUT2D eigenvalue weighted by molar-refractivity contribution is 0.758. The maximum Gasteiger partial charge on any atom is 0.159 e. The zero-order valence-electron chi connectivity index (χ0n) is 10.3. The number of nitrogens with zero attached hydrogens (tertiary/aromatic N) is 3. The first-order valence-corrected chi connectivity index (χ1v) is 6.31. The summed E-state index contributed by atoms with van der Waals surface area (Å²) in [4.78, 5) is 13.4. The molecule has 92 valence electrons. The van der Waals surface area contributed by atoms with E-state index in [1.54, 1.807) is 6.20 Å². The quantitative estimate of drug-likeness (QED) is 0.718. The van der Waals surface area contributed by atoms with E-state index in [9.17, 15) is 0 Å². The SMILES string of the molecule is c1cnc2ccc(-c3ncc4c(n3)CNC4)cc2c1. The molecule has 0 atom stereocenters. The Kier molecular flexibility index (Phi) is 2.28. The van der Waals surface area contributed by atoms with Crippen LogP contribution in [0.4, 0.5) is 0 Å². The molecule has 0 saturated carbocycles. The van der Waals surface area contributed by atoms with Crippen molar-refractivity contribution in [2.45, 2.75) is 13.1 Å². The lowest BCUT2D eigenvalue weighted by Gasteiger charge is -2.04. The van der Waals surface area contributed by atoms with Crippen molar-refractivity contribution < 1.29 is 0 Å². The van der Waals surface area contributed by atoms with Crippen LogP contribution in [0.2, 0.25) is 0 Å². The highest BCUT2D eigenvalue weighted by molar-refractivity contribution is 5.83. The Labute approximate surface area is 110 Å². The van der Waals surface area contributed by atoms with Gasteiger partial charge in [0.05, 0.1) is 11.2 Å². The second kappa shape index (κ2) is 4.10. The summed E-state index contributed by atoms with van der Waals surface area (Å²) in [6.45, 7) is 1.71. The van der Waals surface area contributed by atoms with E-state index in [4.69, 9.17) is 0 Å². The van der Waals surface area contributed by atoms with Gasteiger partial charge in [0.1, 0.15) is 0 Å². The lowest BCUT2D eigenvalue weighted by Crippen LogP contribution is -2.00. The molecular formula is C15H12N4. The molecule has 0 amide bonds. The number of fused-ring (bicyclic) bond motifs is 2. The molecule has 0 bridgehead atoms. The Balaban J connectivity index is 1.85. The third-order valence-electron chi connectivity index (χ3n) is 3.42. The van der Waals surface area contributed by atoms with Gasteiger partial charge in [-0.05, 0) is 24.3 Å². The second-order valence-electron chi connectivity index (χ2n) is 4.68. The first-order valence-electron chi connectivity index (χ1n) is 6.31. The lowest BCUT2D eigenvalue weighted by atomic mass is 10.1. The summed E-state index contributed by atoms with van der Waals surface area (Å²) < 4.78 is 0. The van der Waals surface area contributed by atoms with Gasteiger partial charge in [0.2, 0.25) is 0 Å². The van der Waals surface area contributed by atoms with E-state index in [0.717, 1.165) is 41.1 Å². The topological polar surface area (TPSA) is 50.7 Å². The summed E-state index contributed by atoms with van der Waals surface area (Å²) in [5.41, 5.74) is 4.34. The van der Waals surface area contributed by atoms with Crippen LogP contribution in [0.5, 0.6) is 0 Å². The van der Waals surface area contributed by atoms with Gasteiger partial charge in [-0.3, -0.25) is 4.98 Å². The van der Waals surface area contributed by atoms with Crippen molar-refractivity contribution in [2.24, 2.45) is 0 Å². The minimum atomic E-state index is 0.785. The van der Waals surface area contributed by atoms with Crippen molar-refractivity contribution in [3.05, 3.63) is 54.0 Å². The van der Waals surface area contributed by atoms with E-state index < -0.39 is 0 Å². The molecule has 3 aromatic rings. The molecule has 0 saturated heterocycles. The molecule has 1 aliphatic heterocycles. The number of nitrogens with one attached hydrogen (secondary N) is 1. The molecule has 1 aliphatic rings. The minimum absolute atomic E-state index is 0.785. The number of hydrogen-bond donors (Lipinski definition) is 1. The Hall–Kier alpha value is -2.33. The Morgan fingerprint density at radius 3 is 3.05 bits per heavy atom. The monoisotopic (exact) mass is 248 g/mol. The molecule has 0 radical (unpaired) electrons. The van der Waals surface area contributed by atoms with Crippen molar-refractivity contribution in [3.8, 4) is 11.4 Å². The first-order chi connectivity index (χ1) is 9.40. The van der Waals surface area contributed by atoms with Crippen LogP contribution in [0.3, 0.4) is 0 Å². The van der Waals surface area contributed by atoms with Gasteiger partial charge in [0.25, 0.3) is 0 Å². The summed E-state index contributed by atoms with van der Waals surface area (Å²) in [7, 11) is 0. The van der Waals surface area contributed by atoms with Crippen molar-refractivity contribution in [2.75, 3.05) is 0 Å². The number of aromatic nitrogens is 3. The van der Waals surface area contributed by atoms with Crippen LogP contribution in [-0.4, -0.2) is 15.0 Å². The highest BCUT2D eigenvalue weighted by Gasteiger charge is 2.13. The van der Waals surface area contributed by atoms with Crippen LogP contribution in [0, 0.1) is 0 Å². The Bertz CT molecular complexity index is 767. The average Bonchev–Trinajstić information content (AvgIpc) is 2.94. The molecule has 4 heteroatoms. The molecule has 19 heavy (non-hydrogen) atoms. The predicted molar refractivity (Wildman–Crippen MR) is 73.3 cm³/mol. The van der Waals surface area contributed by atoms with Crippen molar-refractivity contribution in [3.63, 3.8) is 0 Å². The number of hydrogen-bond acceptors (Lipinski definition) is 4. The normalized spacial score (nSPS) is 13.7. The zero-order valence-corrected chi connectivity index (χ0v) is 10.3. The van der Waals surface area contributed by atoms with Crippen LogP contribution >= 0.6 is 0 Å². The van der Waals surface area contributed by atoms with Crippen molar-refractivity contribution in [1.29, 1.82) is 0 Å².